The summed E-state index contributed by atoms with van der Waals surface area (Å²) in [5, 5.41) is 4.04. The van der Waals surface area contributed by atoms with Gasteiger partial charge in [0.2, 0.25) is 0 Å². The van der Waals surface area contributed by atoms with Crippen molar-refractivity contribution in [3.8, 4) is 0 Å². The molecule has 2 nitrogen and oxygen atoms in total. The predicted molar refractivity (Wildman–Crippen MR) is 58.5 cm³/mol. The molecule has 0 atom stereocenters. The quantitative estimate of drug-likeness (QED) is 0.758. The molecule has 0 spiro atoms. The van der Waals surface area contributed by atoms with E-state index in [4.69, 9.17) is 11.6 Å². The number of nitrogens with one attached hydrogen (secondary N) is 1. The summed E-state index contributed by atoms with van der Waals surface area (Å²) in [6, 6.07) is 4.04. The Morgan fingerprint density at radius 2 is 2.21 bits per heavy atom. The molecule has 2 rings (SSSR count). The summed E-state index contributed by atoms with van der Waals surface area (Å²) in [4.78, 5) is 4.09. The van der Waals surface area contributed by atoms with Crippen molar-refractivity contribution in [1.82, 2.24) is 10.3 Å². The van der Waals surface area contributed by atoms with Gasteiger partial charge in [0.1, 0.15) is 5.15 Å². The summed E-state index contributed by atoms with van der Waals surface area (Å²) in [6.07, 6.45) is 5.33. The van der Waals surface area contributed by atoms with Crippen molar-refractivity contribution in [2.75, 3.05) is 13.1 Å². The molecule has 0 saturated carbocycles. The molecule has 1 aliphatic rings. The highest BCUT2D eigenvalue weighted by Crippen LogP contribution is 2.21. The lowest BCUT2D eigenvalue weighted by molar-refractivity contribution is 0.372. The predicted octanol–water partition coefficient (Wildman–Crippen LogP) is 2.28. The second-order valence-electron chi connectivity index (χ2n) is 3.85. The van der Waals surface area contributed by atoms with Crippen molar-refractivity contribution in [3.05, 3.63) is 29.0 Å². The second kappa shape index (κ2) is 4.76. The maximum atomic E-state index is 6.02. The number of halogens is 1. The molecule has 0 aliphatic carbocycles. The third-order valence-electron chi connectivity index (χ3n) is 2.80. The van der Waals surface area contributed by atoms with E-state index in [9.17, 15) is 0 Å². The second-order valence-corrected chi connectivity index (χ2v) is 4.21. The average Bonchev–Trinajstić information content (AvgIpc) is 2.23. The van der Waals surface area contributed by atoms with Crippen molar-refractivity contribution in [3.63, 3.8) is 0 Å². The summed E-state index contributed by atoms with van der Waals surface area (Å²) in [5.41, 5.74) is 1.20. The van der Waals surface area contributed by atoms with Gasteiger partial charge in [-0.3, -0.25) is 0 Å². The van der Waals surface area contributed by atoms with Crippen LogP contribution in [0.1, 0.15) is 18.4 Å². The third kappa shape index (κ3) is 2.46. The van der Waals surface area contributed by atoms with Gasteiger partial charge in [-0.25, -0.2) is 4.98 Å². The molecule has 1 aliphatic heterocycles. The van der Waals surface area contributed by atoms with Gasteiger partial charge in [0.15, 0.2) is 0 Å². The lowest BCUT2D eigenvalue weighted by Gasteiger charge is -2.22. The first-order valence-electron chi connectivity index (χ1n) is 5.16. The van der Waals surface area contributed by atoms with Gasteiger partial charge in [0, 0.05) is 6.20 Å². The summed E-state index contributed by atoms with van der Waals surface area (Å²) < 4.78 is 0. The van der Waals surface area contributed by atoms with Gasteiger partial charge >= 0.3 is 0 Å². The largest absolute Gasteiger partial charge is 0.317 e. The van der Waals surface area contributed by atoms with Gasteiger partial charge < -0.3 is 5.32 Å². The molecule has 1 aromatic heterocycles. The van der Waals surface area contributed by atoms with E-state index in [1.54, 1.807) is 6.20 Å². The molecule has 0 aromatic carbocycles. The molecule has 2 heterocycles. The smallest absolute Gasteiger partial charge is 0.132 e. The van der Waals surface area contributed by atoms with Gasteiger partial charge in [-0.1, -0.05) is 17.7 Å². The zero-order chi connectivity index (χ0) is 9.80. The SMILES string of the molecule is Clc1ncccc1CC1CCNCC1. The minimum absolute atomic E-state index is 0.672. The number of nitrogens with zero attached hydrogens (tertiary/aromatic N) is 1. The molecule has 1 aromatic rings. The highest BCUT2D eigenvalue weighted by Gasteiger charge is 2.14. The highest BCUT2D eigenvalue weighted by molar-refractivity contribution is 6.30. The summed E-state index contributed by atoms with van der Waals surface area (Å²) in [6.45, 7) is 2.28. The van der Waals surface area contributed by atoms with Crippen molar-refractivity contribution in [1.29, 1.82) is 0 Å². The minimum atomic E-state index is 0.672. The lowest BCUT2D eigenvalue weighted by atomic mass is 9.92. The summed E-state index contributed by atoms with van der Waals surface area (Å²) in [7, 11) is 0. The molecule has 0 unspecified atom stereocenters. The lowest BCUT2D eigenvalue weighted by Crippen LogP contribution is -2.28. The maximum Gasteiger partial charge on any atom is 0.132 e. The van der Waals surface area contributed by atoms with Crippen LogP contribution < -0.4 is 5.32 Å². The van der Waals surface area contributed by atoms with Gasteiger partial charge in [0.05, 0.1) is 0 Å². The molecule has 0 bridgehead atoms. The average molecular weight is 211 g/mol. The Hall–Kier alpha value is -0.600. The Balaban J connectivity index is 1.99. The third-order valence-corrected chi connectivity index (χ3v) is 3.14. The Labute approximate surface area is 89.7 Å². The van der Waals surface area contributed by atoms with E-state index >= 15 is 0 Å². The van der Waals surface area contributed by atoms with Gasteiger partial charge in [-0.05, 0) is 49.9 Å². The van der Waals surface area contributed by atoms with E-state index < -0.39 is 0 Å². The van der Waals surface area contributed by atoms with Gasteiger partial charge in [-0.2, -0.15) is 0 Å². The zero-order valence-electron chi connectivity index (χ0n) is 8.17. The summed E-state index contributed by atoms with van der Waals surface area (Å²) in [5.74, 6) is 0.776. The fourth-order valence-electron chi connectivity index (χ4n) is 1.97. The van der Waals surface area contributed by atoms with E-state index in [2.05, 4.69) is 16.4 Å². The van der Waals surface area contributed by atoms with Crippen LogP contribution in [0, 0.1) is 5.92 Å². The number of pyridine rings is 1. The number of hydrogen-bond donors (Lipinski definition) is 1. The van der Waals surface area contributed by atoms with E-state index in [0.717, 1.165) is 25.4 Å². The Morgan fingerprint density at radius 1 is 1.43 bits per heavy atom. The summed E-state index contributed by atoms with van der Waals surface area (Å²) >= 11 is 6.02. The van der Waals surface area contributed by atoms with Crippen LogP contribution in [0.4, 0.5) is 0 Å². The van der Waals surface area contributed by atoms with E-state index in [-0.39, 0.29) is 0 Å². The topological polar surface area (TPSA) is 24.9 Å². The first kappa shape index (κ1) is 9.94. The van der Waals surface area contributed by atoms with E-state index in [1.165, 1.54) is 18.4 Å². The van der Waals surface area contributed by atoms with Crippen molar-refractivity contribution >= 4 is 11.6 Å². The highest BCUT2D eigenvalue weighted by atomic mass is 35.5. The van der Waals surface area contributed by atoms with Crippen LogP contribution >= 0.6 is 11.6 Å². The van der Waals surface area contributed by atoms with Crippen LogP contribution in [0.5, 0.6) is 0 Å². The van der Waals surface area contributed by atoms with Gasteiger partial charge in [0.25, 0.3) is 0 Å². The fraction of sp³-hybridized carbons (Fsp3) is 0.545. The standard InChI is InChI=1S/C11H15ClN2/c12-11-10(2-1-5-14-11)8-9-3-6-13-7-4-9/h1-2,5,9,13H,3-4,6-8H2. The molecule has 0 radical (unpaired) electrons. The van der Waals surface area contributed by atoms with Crippen molar-refractivity contribution < 1.29 is 0 Å². The Morgan fingerprint density at radius 3 is 2.93 bits per heavy atom. The zero-order valence-corrected chi connectivity index (χ0v) is 8.93. The van der Waals surface area contributed by atoms with Crippen LogP contribution in [-0.2, 0) is 6.42 Å². The van der Waals surface area contributed by atoms with Crippen LogP contribution in [0.25, 0.3) is 0 Å². The van der Waals surface area contributed by atoms with Crippen molar-refractivity contribution in [2.45, 2.75) is 19.3 Å². The van der Waals surface area contributed by atoms with Gasteiger partial charge in [-0.15, -0.1) is 0 Å². The molecule has 76 valence electrons. The van der Waals surface area contributed by atoms with Crippen LogP contribution in [0.3, 0.4) is 0 Å². The Kier molecular flexibility index (Phi) is 3.38. The molecular weight excluding hydrogens is 196 g/mol. The number of aromatic nitrogens is 1. The molecule has 3 heteroatoms. The Bertz CT molecular complexity index is 295. The number of hydrogen-bond acceptors (Lipinski definition) is 2. The number of rotatable bonds is 2. The van der Waals surface area contributed by atoms with E-state index in [0.29, 0.717) is 5.15 Å². The van der Waals surface area contributed by atoms with Crippen LogP contribution in [0.15, 0.2) is 18.3 Å². The molecular formula is C11H15ClN2. The number of piperidine rings is 1. The van der Waals surface area contributed by atoms with Crippen LogP contribution in [-0.4, -0.2) is 18.1 Å². The maximum absolute atomic E-state index is 6.02. The molecule has 1 N–H and O–H groups in total. The first-order chi connectivity index (χ1) is 6.86. The van der Waals surface area contributed by atoms with E-state index in [1.807, 2.05) is 6.07 Å². The normalized spacial score (nSPS) is 18.4. The van der Waals surface area contributed by atoms with Crippen molar-refractivity contribution in [2.24, 2.45) is 5.92 Å². The molecule has 1 saturated heterocycles. The molecule has 14 heavy (non-hydrogen) atoms. The first-order valence-corrected chi connectivity index (χ1v) is 5.54. The monoisotopic (exact) mass is 210 g/mol. The van der Waals surface area contributed by atoms with Crippen LogP contribution in [0.2, 0.25) is 5.15 Å². The molecule has 0 amide bonds. The fourth-order valence-corrected chi connectivity index (χ4v) is 2.16. The minimum Gasteiger partial charge on any atom is -0.317 e. The molecule has 1 fully saturated rings.